The Morgan fingerprint density at radius 2 is 2.27 bits per heavy atom. The molecule has 1 aliphatic carbocycles. The minimum atomic E-state index is -0.188. The van der Waals surface area contributed by atoms with Crippen LogP contribution < -0.4 is 0 Å². The van der Waals surface area contributed by atoms with E-state index in [9.17, 15) is 5.11 Å². The Morgan fingerprint density at radius 3 is 2.73 bits per heavy atom. The highest BCUT2D eigenvalue weighted by Gasteiger charge is 2.47. The van der Waals surface area contributed by atoms with Gasteiger partial charge in [-0.2, -0.15) is 0 Å². The van der Waals surface area contributed by atoms with Crippen molar-refractivity contribution in [3.05, 3.63) is 0 Å². The van der Waals surface area contributed by atoms with Crippen molar-refractivity contribution in [3.63, 3.8) is 0 Å². The Balaban J connectivity index is 2.10. The fraction of sp³-hybridized carbons (Fsp3) is 1.00. The van der Waals surface area contributed by atoms with E-state index in [0.29, 0.717) is 0 Å². The summed E-state index contributed by atoms with van der Waals surface area (Å²) in [5.41, 5.74) is -0.126. The molecule has 0 aromatic heterocycles. The van der Waals surface area contributed by atoms with Crippen LogP contribution in [0.1, 0.15) is 32.6 Å². The van der Waals surface area contributed by atoms with E-state index in [-0.39, 0.29) is 11.7 Å². The first-order valence-corrected chi connectivity index (χ1v) is 4.55. The molecule has 3 unspecified atom stereocenters. The van der Waals surface area contributed by atoms with E-state index in [1.165, 1.54) is 6.42 Å². The van der Waals surface area contributed by atoms with E-state index >= 15 is 0 Å². The van der Waals surface area contributed by atoms with Crippen molar-refractivity contribution in [3.8, 4) is 0 Å². The third-order valence-corrected chi connectivity index (χ3v) is 3.14. The van der Waals surface area contributed by atoms with Crippen LogP contribution >= 0.6 is 0 Å². The predicted octanol–water partition coefficient (Wildman–Crippen LogP) is 1.33. The van der Waals surface area contributed by atoms with Crippen LogP contribution in [0.3, 0.4) is 0 Å². The average Bonchev–Trinajstić information content (AvgIpc) is 2.46. The molecule has 0 bridgehead atoms. The first-order chi connectivity index (χ1) is 5.23. The maximum Gasteiger partial charge on any atom is 0.0943 e. The van der Waals surface area contributed by atoms with Crippen molar-refractivity contribution in [2.24, 2.45) is 5.92 Å². The van der Waals surface area contributed by atoms with Crippen molar-refractivity contribution in [1.29, 1.82) is 0 Å². The fourth-order valence-electron chi connectivity index (χ4n) is 2.45. The van der Waals surface area contributed by atoms with Crippen LogP contribution in [0.15, 0.2) is 0 Å². The first-order valence-electron chi connectivity index (χ1n) is 4.55. The topological polar surface area (TPSA) is 29.5 Å². The normalized spacial score (nSPS) is 50.7. The molecule has 3 atom stereocenters. The molecule has 2 fully saturated rings. The van der Waals surface area contributed by atoms with Gasteiger partial charge in [-0.3, -0.25) is 0 Å². The monoisotopic (exact) mass is 156 g/mol. The first kappa shape index (κ1) is 7.56. The van der Waals surface area contributed by atoms with Crippen molar-refractivity contribution >= 4 is 0 Å². The van der Waals surface area contributed by atoms with Crippen LogP contribution in [0.2, 0.25) is 0 Å². The molecule has 0 aromatic rings. The molecule has 11 heavy (non-hydrogen) atoms. The van der Waals surface area contributed by atoms with Crippen LogP contribution in [0.25, 0.3) is 0 Å². The van der Waals surface area contributed by atoms with Crippen molar-refractivity contribution in [2.75, 3.05) is 6.61 Å². The lowest BCUT2D eigenvalue weighted by atomic mass is 9.94. The van der Waals surface area contributed by atoms with E-state index in [2.05, 4.69) is 6.92 Å². The molecule has 1 aliphatic heterocycles. The summed E-state index contributed by atoms with van der Waals surface area (Å²) in [5.74, 6) is 0.739. The summed E-state index contributed by atoms with van der Waals surface area (Å²) in [6.07, 6.45) is 4.00. The van der Waals surface area contributed by atoms with E-state index in [0.717, 1.165) is 31.8 Å². The molecule has 2 rings (SSSR count). The zero-order valence-corrected chi connectivity index (χ0v) is 7.05. The summed E-state index contributed by atoms with van der Waals surface area (Å²) in [7, 11) is 0. The highest BCUT2D eigenvalue weighted by atomic mass is 16.5. The molecular formula is C9H16O2. The van der Waals surface area contributed by atoms with Gasteiger partial charge in [-0.15, -0.1) is 0 Å². The Hall–Kier alpha value is -0.0800. The molecule has 2 aliphatic rings. The molecular weight excluding hydrogens is 140 g/mol. The summed E-state index contributed by atoms with van der Waals surface area (Å²) in [4.78, 5) is 0. The Labute approximate surface area is 67.6 Å². The molecule has 2 heteroatoms. The minimum Gasteiger partial charge on any atom is -0.390 e. The standard InChI is InChI=1S/C9H16O2/c1-7-2-4-9(6-7)8(10)3-5-11-9/h7-8,10H,2-6H2,1H3. The lowest BCUT2D eigenvalue weighted by Gasteiger charge is -2.26. The third kappa shape index (κ3) is 1.09. The Morgan fingerprint density at radius 1 is 1.45 bits per heavy atom. The SMILES string of the molecule is CC1CCC2(C1)OCCC2O. The zero-order chi connectivity index (χ0) is 7.90. The van der Waals surface area contributed by atoms with Crippen LogP contribution in [0, 0.1) is 5.92 Å². The van der Waals surface area contributed by atoms with Crippen molar-refractivity contribution in [2.45, 2.75) is 44.3 Å². The lowest BCUT2D eigenvalue weighted by molar-refractivity contribution is -0.0542. The van der Waals surface area contributed by atoms with Gasteiger partial charge in [0, 0.05) is 0 Å². The van der Waals surface area contributed by atoms with Gasteiger partial charge >= 0.3 is 0 Å². The highest BCUT2D eigenvalue weighted by Crippen LogP contribution is 2.43. The van der Waals surface area contributed by atoms with Gasteiger partial charge in [0.15, 0.2) is 0 Å². The molecule has 0 aromatic carbocycles. The maximum absolute atomic E-state index is 9.67. The minimum absolute atomic E-state index is 0.126. The summed E-state index contributed by atoms with van der Waals surface area (Å²) >= 11 is 0. The number of ether oxygens (including phenoxy) is 1. The smallest absolute Gasteiger partial charge is 0.0943 e. The van der Waals surface area contributed by atoms with Gasteiger partial charge in [-0.25, -0.2) is 0 Å². The second-order valence-corrected chi connectivity index (χ2v) is 4.07. The third-order valence-electron chi connectivity index (χ3n) is 3.14. The maximum atomic E-state index is 9.67. The number of rotatable bonds is 0. The molecule has 1 heterocycles. The van der Waals surface area contributed by atoms with E-state index in [4.69, 9.17) is 4.74 Å². The van der Waals surface area contributed by atoms with Gasteiger partial charge in [0.25, 0.3) is 0 Å². The number of aliphatic hydroxyl groups excluding tert-OH is 1. The molecule has 0 radical (unpaired) electrons. The molecule has 2 nitrogen and oxygen atoms in total. The predicted molar refractivity (Wildman–Crippen MR) is 42.3 cm³/mol. The van der Waals surface area contributed by atoms with E-state index in [1.807, 2.05) is 0 Å². The van der Waals surface area contributed by atoms with Gasteiger partial charge in [-0.05, 0) is 31.6 Å². The quantitative estimate of drug-likeness (QED) is 0.573. The largest absolute Gasteiger partial charge is 0.390 e. The average molecular weight is 156 g/mol. The summed E-state index contributed by atoms with van der Waals surface area (Å²) in [6.45, 7) is 3.00. The van der Waals surface area contributed by atoms with Gasteiger partial charge in [0.1, 0.15) is 0 Å². The molecule has 1 saturated heterocycles. The lowest BCUT2D eigenvalue weighted by Crippen LogP contribution is -2.36. The van der Waals surface area contributed by atoms with E-state index < -0.39 is 0 Å². The molecule has 1 N–H and O–H groups in total. The molecule has 1 saturated carbocycles. The van der Waals surface area contributed by atoms with Crippen LogP contribution in [0.5, 0.6) is 0 Å². The Bertz CT molecular complexity index is 158. The zero-order valence-electron chi connectivity index (χ0n) is 7.05. The summed E-state index contributed by atoms with van der Waals surface area (Å²) < 4.78 is 5.63. The second-order valence-electron chi connectivity index (χ2n) is 4.07. The van der Waals surface area contributed by atoms with Gasteiger partial charge in [0.2, 0.25) is 0 Å². The second kappa shape index (κ2) is 2.46. The molecule has 1 spiro atoms. The van der Waals surface area contributed by atoms with Crippen LogP contribution in [0.4, 0.5) is 0 Å². The van der Waals surface area contributed by atoms with Gasteiger partial charge in [-0.1, -0.05) is 6.92 Å². The highest BCUT2D eigenvalue weighted by molar-refractivity contribution is 4.98. The van der Waals surface area contributed by atoms with Crippen LogP contribution in [-0.4, -0.2) is 23.4 Å². The fourth-order valence-corrected chi connectivity index (χ4v) is 2.45. The number of hydrogen-bond donors (Lipinski definition) is 1. The summed E-state index contributed by atoms with van der Waals surface area (Å²) in [5, 5.41) is 9.67. The van der Waals surface area contributed by atoms with Gasteiger partial charge in [0.05, 0.1) is 18.3 Å². The van der Waals surface area contributed by atoms with Crippen molar-refractivity contribution in [1.82, 2.24) is 0 Å². The molecule has 0 amide bonds. The number of aliphatic hydroxyl groups is 1. The summed E-state index contributed by atoms with van der Waals surface area (Å²) in [6, 6.07) is 0. The number of hydrogen-bond acceptors (Lipinski definition) is 2. The van der Waals surface area contributed by atoms with Crippen molar-refractivity contribution < 1.29 is 9.84 Å². The van der Waals surface area contributed by atoms with Gasteiger partial charge < -0.3 is 9.84 Å². The molecule has 64 valence electrons. The van der Waals surface area contributed by atoms with Crippen LogP contribution in [-0.2, 0) is 4.74 Å². The van der Waals surface area contributed by atoms with E-state index in [1.54, 1.807) is 0 Å². The Kier molecular flexibility index (Phi) is 1.69.